The molecule has 1 fully saturated rings. The second-order valence-electron chi connectivity index (χ2n) is 4.99. The lowest BCUT2D eigenvalue weighted by atomic mass is 9.88. The van der Waals surface area contributed by atoms with Crippen LogP contribution in [-0.4, -0.2) is 41.8 Å². The van der Waals surface area contributed by atoms with E-state index in [4.69, 9.17) is 4.74 Å². The van der Waals surface area contributed by atoms with E-state index in [0.29, 0.717) is 6.07 Å². The van der Waals surface area contributed by atoms with Gasteiger partial charge in [0.1, 0.15) is 18.2 Å². The number of aliphatic carboxylic acids is 1. The number of amides is 1. The van der Waals surface area contributed by atoms with Gasteiger partial charge in [0.2, 0.25) is 0 Å². The molecule has 1 N–H and O–H groups in total. The molecule has 1 saturated heterocycles. The Hall–Kier alpha value is -2.44. The third kappa shape index (κ3) is 3.24. The van der Waals surface area contributed by atoms with Crippen molar-refractivity contribution in [1.29, 1.82) is 0 Å². The first-order valence-corrected chi connectivity index (χ1v) is 6.64. The zero-order chi connectivity index (χ0) is 16.3. The number of rotatable bonds is 4. The van der Waals surface area contributed by atoms with Gasteiger partial charge in [0.25, 0.3) is 0 Å². The largest absolute Gasteiger partial charge is 0.481 e. The molecule has 1 aliphatic heterocycles. The Morgan fingerprint density at radius 2 is 2.14 bits per heavy atom. The van der Waals surface area contributed by atoms with Crippen molar-refractivity contribution in [3.8, 4) is 0 Å². The van der Waals surface area contributed by atoms with Crippen LogP contribution >= 0.6 is 0 Å². The lowest BCUT2D eigenvalue weighted by Gasteiger charge is -2.16. The van der Waals surface area contributed by atoms with E-state index in [1.807, 2.05) is 0 Å². The topological polar surface area (TPSA) is 66.8 Å². The minimum absolute atomic E-state index is 0.00263. The van der Waals surface area contributed by atoms with Gasteiger partial charge in [-0.1, -0.05) is 18.7 Å². The highest BCUT2D eigenvalue weighted by Gasteiger charge is 2.42. The van der Waals surface area contributed by atoms with Crippen LogP contribution in [0.2, 0.25) is 0 Å². The van der Waals surface area contributed by atoms with E-state index >= 15 is 0 Å². The highest BCUT2D eigenvalue weighted by atomic mass is 19.1. The van der Waals surface area contributed by atoms with Crippen molar-refractivity contribution in [3.05, 3.63) is 48.1 Å². The van der Waals surface area contributed by atoms with Crippen LogP contribution in [0.15, 0.2) is 30.9 Å². The summed E-state index contributed by atoms with van der Waals surface area (Å²) < 4.78 is 31.7. The molecule has 118 valence electrons. The Bertz CT molecular complexity index is 605. The van der Waals surface area contributed by atoms with Gasteiger partial charge in [0.05, 0.1) is 5.92 Å². The Morgan fingerprint density at radius 1 is 1.41 bits per heavy atom. The number of nitrogens with zero attached hydrogens (tertiary/aromatic N) is 1. The molecule has 5 nitrogen and oxygen atoms in total. The van der Waals surface area contributed by atoms with E-state index in [2.05, 4.69) is 6.58 Å². The van der Waals surface area contributed by atoms with E-state index in [-0.39, 0.29) is 25.3 Å². The van der Waals surface area contributed by atoms with E-state index in [1.165, 1.54) is 17.0 Å². The number of likely N-dealkylation sites (tertiary alicyclic amines) is 1. The molecular formula is C15H15F2NO4. The molecule has 0 spiro atoms. The zero-order valence-electron chi connectivity index (χ0n) is 11.7. The van der Waals surface area contributed by atoms with Gasteiger partial charge in [-0.25, -0.2) is 13.6 Å². The Morgan fingerprint density at radius 3 is 2.73 bits per heavy atom. The molecule has 1 heterocycles. The quantitative estimate of drug-likeness (QED) is 0.867. The first kappa shape index (κ1) is 15.9. The van der Waals surface area contributed by atoms with Crippen LogP contribution in [0.3, 0.4) is 0 Å². The highest BCUT2D eigenvalue weighted by molar-refractivity contribution is 5.75. The van der Waals surface area contributed by atoms with Crippen LogP contribution in [0.1, 0.15) is 11.5 Å². The second kappa shape index (κ2) is 6.55. The van der Waals surface area contributed by atoms with Crippen LogP contribution in [0, 0.1) is 17.6 Å². The van der Waals surface area contributed by atoms with Gasteiger partial charge in [0.15, 0.2) is 0 Å². The fourth-order valence-electron chi connectivity index (χ4n) is 2.54. The van der Waals surface area contributed by atoms with Gasteiger partial charge in [-0.2, -0.15) is 0 Å². The van der Waals surface area contributed by atoms with Crippen LogP contribution in [0.25, 0.3) is 0 Å². The molecule has 1 aromatic carbocycles. The van der Waals surface area contributed by atoms with Crippen molar-refractivity contribution in [2.45, 2.75) is 5.92 Å². The minimum Gasteiger partial charge on any atom is -0.481 e. The highest BCUT2D eigenvalue weighted by Crippen LogP contribution is 2.34. The number of carboxylic acids is 1. The molecule has 1 aromatic rings. The first-order valence-electron chi connectivity index (χ1n) is 6.64. The normalized spacial score (nSPS) is 20.7. The fourth-order valence-corrected chi connectivity index (χ4v) is 2.54. The maximum absolute atomic E-state index is 13.9. The van der Waals surface area contributed by atoms with Crippen molar-refractivity contribution in [1.82, 2.24) is 4.90 Å². The Kier molecular flexibility index (Phi) is 4.75. The maximum Gasteiger partial charge on any atom is 0.410 e. The van der Waals surface area contributed by atoms with E-state index in [9.17, 15) is 23.5 Å². The second-order valence-corrected chi connectivity index (χ2v) is 4.99. The third-order valence-corrected chi connectivity index (χ3v) is 3.58. The number of ether oxygens (including phenoxy) is 1. The number of hydrogen-bond donors (Lipinski definition) is 1. The maximum atomic E-state index is 13.9. The van der Waals surface area contributed by atoms with Gasteiger partial charge >= 0.3 is 12.1 Å². The Balaban J connectivity index is 2.23. The lowest BCUT2D eigenvalue weighted by molar-refractivity contribution is -0.141. The summed E-state index contributed by atoms with van der Waals surface area (Å²) in [5.74, 6) is -4.44. The molecule has 0 saturated carbocycles. The Labute approximate surface area is 125 Å². The van der Waals surface area contributed by atoms with Crippen LogP contribution in [-0.2, 0) is 9.53 Å². The number of carbonyl (C=O) groups excluding carboxylic acids is 1. The molecule has 0 bridgehead atoms. The summed E-state index contributed by atoms with van der Waals surface area (Å²) in [5, 5.41) is 9.27. The standard InChI is InChI=1S/C15H15F2NO4/c1-2-5-22-15(21)18-7-11(12(8-18)14(19)20)10-4-3-9(16)6-13(10)17/h2-4,6,11-12H,1,5,7-8H2,(H,19,20)/t11-,12+/m0/s1. The summed E-state index contributed by atoms with van der Waals surface area (Å²) in [4.78, 5) is 24.4. The molecule has 0 aliphatic carbocycles. The van der Waals surface area contributed by atoms with E-state index < -0.39 is 35.5 Å². The number of carboxylic acid groups (broad SMARTS) is 1. The number of hydrogen-bond acceptors (Lipinski definition) is 3. The predicted molar refractivity (Wildman–Crippen MR) is 73.3 cm³/mol. The first-order chi connectivity index (χ1) is 10.4. The van der Waals surface area contributed by atoms with Crippen molar-refractivity contribution in [2.75, 3.05) is 19.7 Å². The number of halogens is 2. The van der Waals surface area contributed by atoms with Crippen LogP contribution < -0.4 is 0 Å². The van der Waals surface area contributed by atoms with Crippen molar-refractivity contribution in [3.63, 3.8) is 0 Å². The summed E-state index contributed by atoms with van der Waals surface area (Å²) in [6.45, 7) is 3.32. The van der Waals surface area contributed by atoms with Gasteiger partial charge in [-0.05, 0) is 11.6 Å². The molecule has 0 radical (unpaired) electrons. The summed E-state index contributed by atoms with van der Waals surface area (Å²) in [6, 6.07) is 2.98. The van der Waals surface area contributed by atoms with Crippen molar-refractivity contribution in [2.24, 2.45) is 5.92 Å². The smallest absolute Gasteiger partial charge is 0.410 e. The average Bonchev–Trinajstić information content (AvgIpc) is 2.90. The summed E-state index contributed by atoms with van der Waals surface area (Å²) in [7, 11) is 0. The van der Waals surface area contributed by atoms with Gasteiger partial charge in [0, 0.05) is 25.1 Å². The SMILES string of the molecule is C=CCOC(=O)N1C[C@@H](C(=O)O)[C@H](c2ccc(F)cc2F)C1. The molecule has 0 unspecified atom stereocenters. The third-order valence-electron chi connectivity index (χ3n) is 3.58. The summed E-state index contributed by atoms with van der Waals surface area (Å²) >= 11 is 0. The average molecular weight is 311 g/mol. The van der Waals surface area contributed by atoms with Gasteiger partial charge < -0.3 is 14.7 Å². The van der Waals surface area contributed by atoms with Crippen molar-refractivity contribution >= 4 is 12.1 Å². The summed E-state index contributed by atoms with van der Waals surface area (Å²) in [6.07, 6.45) is 0.705. The van der Waals surface area contributed by atoms with Gasteiger partial charge in [-0.3, -0.25) is 4.79 Å². The molecule has 22 heavy (non-hydrogen) atoms. The van der Waals surface area contributed by atoms with Gasteiger partial charge in [-0.15, -0.1) is 0 Å². The monoisotopic (exact) mass is 311 g/mol. The minimum atomic E-state index is -1.15. The molecule has 2 rings (SSSR count). The molecule has 0 aromatic heterocycles. The molecule has 7 heteroatoms. The lowest BCUT2D eigenvalue weighted by Crippen LogP contribution is -2.30. The zero-order valence-corrected chi connectivity index (χ0v) is 11.7. The van der Waals surface area contributed by atoms with E-state index in [0.717, 1.165) is 6.07 Å². The molecule has 1 amide bonds. The number of carbonyl (C=O) groups is 2. The summed E-state index contributed by atoms with van der Waals surface area (Å²) in [5.41, 5.74) is 0.0767. The predicted octanol–water partition coefficient (Wildman–Crippen LogP) is 2.39. The van der Waals surface area contributed by atoms with Crippen LogP contribution in [0.4, 0.5) is 13.6 Å². The van der Waals surface area contributed by atoms with E-state index in [1.54, 1.807) is 0 Å². The molecular weight excluding hydrogens is 296 g/mol. The molecule has 2 atom stereocenters. The van der Waals surface area contributed by atoms with Crippen LogP contribution in [0.5, 0.6) is 0 Å². The molecule has 1 aliphatic rings. The van der Waals surface area contributed by atoms with Crippen molar-refractivity contribution < 1.29 is 28.2 Å². The number of benzene rings is 1. The fraction of sp³-hybridized carbons (Fsp3) is 0.333.